The molecule has 1 spiro atoms. The number of piperidine rings is 1. The summed E-state index contributed by atoms with van der Waals surface area (Å²) in [5, 5.41) is 0. The van der Waals surface area contributed by atoms with Crippen LogP contribution in [0.25, 0.3) is 0 Å². The lowest BCUT2D eigenvalue weighted by Crippen LogP contribution is -2.50. The molecular weight excluding hydrogens is 333 g/mol. The Morgan fingerprint density at radius 1 is 1.12 bits per heavy atom. The fraction of sp³-hybridized carbons (Fsp3) is 0.350. The fourth-order valence-corrected chi connectivity index (χ4v) is 4.08. The molecule has 2 aromatic rings. The van der Waals surface area contributed by atoms with Crippen molar-refractivity contribution in [2.45, 2.75) is 19.3 Å². The lowest BCUT2D eigenvalue weighted by molar-refractivity contribution is -0.127. The normalized spacial score (nSPS) is 22.9. The summed E-state index contributed by atoms with van der Waals surface area (Å²) < 4.78 is 13.3. The third-order valence-electron chi connectivity index (χ3n) is 5.42. The van der Waals surface area contributed by atoms with Crippen molar-refractivity contribution in [3.8, 4) is 0 Å². The van der Waals surface area contributed by atoms with Gasteiger partial charge < -0.3 is 9.80 Å². The maximum Gasteiger partial charge on any atom is 0.254 e. The van der Waals surface area contributed by atoms with E-state index in [-0.39, 0.29) is 17.4 Å². The number of carbonyl (C=O) groups is 2. The lowest BCUT2D eigenvalue weighted by Gasteiger charge is -2.39. The van der Waals surface area contributed by atoms with E-state index in [0.29, 0.717) is 19.6 Å². The summed E-state index contributed by atoms with van der Waals surface area (Å²) in [6, 6.07) is 12.3. The van der Waals surface area contributed by atoms with Crippen molar-refractivity contribution < 1.29 is 14.0 Å². The first-order valence-corrected chi connectivity index (χ1v) is 8.87. The van der Waals surface area contributed by atoms with Gasteiger partial charge in [-0.15, -0.1) is 0 Å². The van der Waals surface area contributed by atoms with Gasteiger partial charge in [0.15, 0.2) is 0 Å². The molecule has 2 aliphatic heterocycles. The number of rotatable bonds is 2. The van der Waals surface area contributed by atoms with Gasteiger partial charge in [-0.05, 0) is 37.5 Å². The first-order chi connectivity index (χ1) is 12.6. The number of aromatic nitrogens is 1. The van der Waals surface area contributed by atoms with Crippen LogP contribution in [-0.4, -0.2) is 41.3 Å². The minimum Gasteiger partial charge on any atom is -0.338 e. The number of likely N-dealkylation sites (tertiary alicyclic amines) is 1. The molecule has 4 rings (SSSR count). The number of halogens is 1. The molecule has 3 heterocycles. The minimum absolute atomic E-state index is 0.0853. The van der Waals surface area contributed by atoms with E-state index in [4.69, 9.17) is 0 Å². The van der Waals surface area contributed by atoms with Gasteiger partial charge in [0.2, 0.25) is 11.9 Å². The predicted octanol–water partition coefficient (Wildman–Crippen LogP) is 2.88. The zero-order chi connectivity index (χ0) is 18.1. The van der Waals surface area contributed by atoms with Gasteiger partial charge >= 0.3 is 0 Å². The molecule has 1 atom stereocenters. The highest BCUT2D eigenvalue weighted by molar-refractivity contribution is 6.01. The molecule has 1 aromatic carbocycles. The van der Waals surface area contributed by atoms with Crippen LogP contribution >= 0.6 is 0 Å². The Kier molecular flexibility index (Phi) is 4.18. The summed E-state index contributed by atoms with van der Waals surface area (Å²) in [6.45, 7) is 1.63. The molecule has 1 aromatic heterocycles. The number of para-hydroxylation sites is 1. The van der Waals surface area contributed by atoms with Crippen LogP contribution in [0, 0.1) is 11.4 Å². The molecule has 0 radical (unpaired) electrons. The van der Waals surface area contributed by atoms with E-state index >= 15 is 0 Å². The molecule has 134 valence electrons. The maximum absolute atomic E-state index is 13.3. The molecule has 0 unspecified atom stereocenters. The van der Waals surface area contributed by atoms with E-state index in [1.54, 1.807) is 4.90 Å². The molecule has 0 N–H and O–H groups in total. The quantitative estimate of drug-likeness (QED) is 0.780. The smallest absolute Gasteiger partial charge is 0.254 e. The highest BCUT2D eigenvalue weighted by atomic mass is 19.1. The third kappa shape index (κ3) is 2.85. The van der Waals surface area contributed by atoms with Crippen LogP contribution < -0.4 is 4.90 Å². The first kappa shape index (κ1) is 16.7. The number of anilines is 1. The number of benzene rings is 1. The number of nitrogens with zero attached hydrogens (tertiary/aromatic N) is 3. The average molecular weight is 353 g/mol. The molecule has 2 amide bonds. The number of pyridine rings is 1. The standard InChI is InChI=1S/C20H20FN3O2/c21-17-13-15(7-10-22-17)18(25)23-11-4-8-20(14-23)9-12-24(19(20)26)16-5-2-1-3-6-16/h1-3,5-7,10,13H,4,8-9,11-12,14H2/t20-/m1/s1. The van der Waals surface area contributed by atoms with Crippen LogP contribution in [0.3, 0.4) is 0 Å². The van der Waals surface area contributed by atoms with Crippen molar-refractivity contribution >= 4 is 17.5 Å². The van der Waals surface area contributed by atoms with Gasteiger partial charge in [0.1, 0.15) is 0 Å². The SMILES string of the molecule is O=C(c1ccnc(F)c1)N1CCC[C@@]2(CCN(c3ccccc3)C2=O)C1. The molecular formula is C20H20FN3O2. The highest BCUT2D eigenvalue weighted by Crippen LogP contribution is 2.42. The zero-order valence-electron chi connectivity index (χ0n) is 14.4. The van der Waals surface area contributed by atoms with Crippen LogP contribution in [0.2, 0.25) is 0 Å². The van der Waals surface area contributed by atoms with Gasteiger partial charge in [0.05, 0.1) is 5.41 Å². The average Bonchev–Trinajstić information content (AvgIpc) is 2.98. The van der Waals surface area contributed by atoms with Gasteiger partial charge in [-0.25, -0.2) is 4.98 Å². The topological polar surface area (TPSA) is 53.5 Å². The maximum atomic E-state index is 13.3. The van der Waals surface area contributed by atoms with Crippen molar-refractivity contribution in [1.82, 2.24) is 9.88 Å². The summed E-state index contributed by atoms with van der Waals surface area (Å²) >= 11 is 0. The van der Waals surface area contributed by atoms with E-state index in [0.717, 1.165) is 31.0 Å². The van der Waals surface area contributed by atoms with Gasteiger partial charge in [-0.2, -0.15) is 4.39 Å². The fourth-order valence-electron chi connectivity index (χ4n) is 4.08. The molecule has 0 bridgehead atoms. The van der Waals surface area contributed by atoms with Crippen LogP contribution in [0.1, 0.15) is 29.6 Å². The number of amides is 2. The van der Waals surface area contributed by atoms with Gasteiger partial charge in [0.25, 0.3) is 5.91 Å². The van der Waals surface area contributed by atoms with Crippen LogP contribution in [-0.2, 0) is 4.79 Å². The Morgan fingerprint density at radius 3 is 2.69 bits per heavy atom. The van der Waals surface area contributed by atoms with Crippen LogP contribution in [0.5, 0.6) is 0 Å². The summed E-state index contributed by atoms with van der Waals surface area (Å²) in [5.41, 5.74) is 0.643. The van der Waals surface area contributed by atoms with Crippen molar-refractivity contribution in [3.05, 3.63) is 60.2 Å². The van der Waals surface area contributed by atoms with E-state index in [2.05, 4.69) is 4.98 Å². The van der Waals surface area contributed by atoms with Gasteiger partial charge in [0, 0.05) is 43.1 Å². The van der Waals surface area contributed by atoms with Crippen molar-refractivity contribution in [2.24, 2.45) is 5.41 Å². The summed E-state index contributed by atoms with van der Waals surface area (Å²) in [5.74, 6) is -0.826. The second-order valence-corrected chi connectivity index (χ2v) is 7.02. The van der Waals surface area contributed by atoms with E-state index < -0.39 is 11.4 Å². The van der Waals surface area contributed by atoms with Crippen molar-refractivity contribution in [1.29, 1.82) is 0 Å². The van der Waals surface area contributed by atoms with E-state index in [1.807, 2.05) is 35.2 Å². The predicted molar refractivity (Wildman–Crippen MR) is 95.2 cm³/mol. The third-order valence-corrected chi connectivity index (χ3v) is 5.42. The van der Waals surface area contributed by atoms with Crippen molar-refractivity contribution in [3.63, 3.8) is 0 Å². The molecule has 5 nitrogen and oxygen atoms in total. The number of hydrogen-bond acceptors (Lipinski definition) is 3. The first-order valence-electron chi connectivity index (χ1n) is 8.87. The Bertz CT molecular complexity index is 842. The van der Waals surface area contributed by atoms with Gasteiger partial charge in [-0.1, -0.05) is 18.2 Å². The minimum atomic E-state index is -0.672. The zero-order valence-corrected chi connectivity index (χ0v) is 14.4. The molecule has 6 heteroatoms. The van der Waals surface area contributed by atoms with Gasteiger partial charge in [-0.3, -0.25) is 9.59 Å². The lowest BCUT2D eigenvalue weighted by atomic mass is 9.78. The molecule has 26 heavy (non-hydrogen) atoms. The van der Waals surface area contributed by atoms with E-state index in [9.17, 15) is 14.0 Å². The Hall–Kier alpha value is -2.76. The monoisotopic (exact) mass is 353 g/mol. The molecule has 2 fully saturated rings. The summed E-state index contributed by atoms with van der Waals surface area (Å²) in [7, 11) is 0. The van der Waals surface area contributed by atoms with Crippen LogP contribution in [0.15, 0.2) is 48.7 Å². The van der Waals surface area contributed by atoms with Crippen LogP contribution in [0.4, 0.5) is 10.1 Å². The Morgan fingerprint density at radius 2 is 1.92 bits per heavy atom. The number of carbonyl (C=O) groups excluding carboxylic acids is 2. The Balaban J connectivity index is 1.55. The second-order valence-electron chi connectivity index (χ2n) is 7.02. The molecule has 2 aliphatic rings. The summed E-state index contributed by atoms with van der Waals surface area (Å²) in [6.07, 6.45) is 3.58. The summed E-state index contributed by atoms with van der Waals surface area (Å²) in [4.78, 5) is 32.9. The molecule has 2 saturated heterocycles. The Labute approximate surface area is 151 Å². The highest BCUT2D eigenvalue weighted by Gasteiger charge is 2.50. The largest absolute Gasteiger partial charge is 0.338 e. The molecule has 0 saturated carbocycles. The van der Waals surface area contributed by atoms with E-state index in [1.165, 1.54) is 12.3 Å². The second kappa shape index (κ2) is 6.52. The number of hydrogen-bond donors (Lipinski definition) is 0. The molecule has 0 aliphatic carbocycles. The van der Waals surface area contributed by atoms with Crippen molar-refractivity contribution in [2.75, 3.05) is 24.5 Å².